The summed E-state index contributed by atoms with van der Waals surface area (Å²) in [5, 5.41) is 4.90. The summed E-state index contributed by atoms with van der Waals surface area (Å²) in [6.07, 6.45) is 0. The Kier molecular flexibility index (Phi) is 3.78. The number of rotatable bonds is 2. The largest absolute Gasteiger partial charge is 0.495 e. The number of fused-ring (bicyclic) bond motifs is 2. The summed E-state index contributed by atoms with van der Waals surface area (Å²) in [5.74, 6) is 0.883. The van der Waals surface area contributed by atoms with Gasteiger partial charge in [-0.2, -0.15) is 0 Å². The highest BCUT2D eigenvalue weighted by atomic mass is 79.9. The molecule has 4 aromatic rings. The van der Waals surface area contributed by atoms with Crippen molar-refractivity contribution in [1.29, 1.82) is 0 Å². The van der Waals surface area contributed by atoms with Crippen LogP contribution in [0.3, 0.4) is 0 Å². The number of methoxy groups -OCH3 is 1. The number of aryl methyl sites for hydroxylation is 1. The van der Waals surface area contributed by atoms with Gasteiger partial charge in [-0.3, -0.25) is 0 Å². The van der Waals surface area contributed by atoms with E-state index in [0.29, 0.717) is 0 Å². The molecule has 0 aromatic heterocycles. The van der Waals surface area contributed by atoms with Crippen LogP contribution in [0, 0.1) is 6.92 Å². The molecular formula is C22H19BrO. The molecule has 0 aliphatic carbocycles. The highest BCUT2D eigenvalue weighted by Gasteiger charge is 2.18. The van der Waals surface area contributed by atoms with E-state index in [1.54, 1.807) is 7.11 Å². The molecule has 0 radical (unpaired) electrons. The summed E-state index contributed by atoms with van der Waals surface area (Å²) in [6, 6.07) is 23.5. The molecule has 0 amide bonds. The smallest absolute Gasteiger partial charge is 0.141 e. The van der Waals surface area contributed by atoms with E-state index in [4.69, 9.17) is 4.74 Å². The highest BCUT2D eigenvalue weighted by Crippen LogP contribution is 2.45. The molecule has 0 aliphatic heterocycles. The first-order valence-corrected chi connectivity index (χ1v) is 8.74. The molecule has 0 N–H and O–H groups in total. The van der Waals surface area contributed by atoms with Gasteiger partial charge in [0, 0.05) is 6.99 Å². The van der Waals surface area contributed by atoms with Gasteiger partial charge in [0.05, 0.1) is 11.6 Å². The van der Waals surface area contributed by atoms with Gasteiger partial charge in [0.1, 0.15) is 5.75 Å². The van der Waals surface area contributed by atoms with E-state index in [1.807, 2.05) is 0 Å². The first-order chi connectivity index (χ1) is 11.7. The molecule has 0 spiro atoms. The van der Waals surface area contributed by atoms with Gasteiger partial charge in [-0.1, -0.05) is 60.7 Å². The monoisotopic (exact) mass is 379 g/mol. The van der Waals surface area contributed by atoms with Crippen molar-refractivity contribution in [1.82, 2.24) is 0 Å². The van der Waals surface area contributed by atoms with Crippen LogP contribution < -0.4 is 4.74 Å². The van der Waals surface area contributed by atoms with Crippen LogP contribution in [0.25, 0.3) is 32.7 Å². The Morgan fingerprint density at radius 2 is 1.42 bits per heavy atom. The van der Waals surface area contributed by atoms with Crippen LogP contribution in [0.2, 0.25) is 0 Å². The Morgan fingerprint density at radius 3 is 2.12 bits per heavy atom. The summed E-state index contributed by atoms with van der Waals surface area (Å²) in [4.78, 5) is 0. The Hall–Kier alpha value is -2.32. The molecule has 0 aliphatic rings. The molecule has 0 heterocycles. The highest BCUT2D eigenvalue weighted by molar-refractivity contribution is 9.10. The fourth-order valence-corrected chi connectivity index (χ4v) is 4.06. The fraction of sp³-hybridized carbons (Fsp3) is 0.0909. The second kappa shape index (κ2) is 5.95. The van der Waals surface area contributed by atoms with Crippen molar-refractivity contribution in [2.24, 2.45) is 0 Å². The maximum absolute atomic E-state index is 5.80. The topological polar surface area (TPSA) is 9.23 Å². The van der Waals surface area contributed by atoms with Gasteiger partial charge in [0.2, 0.25) is 0 Å². The number of hydrogen-bond donors (Lipinski definition) is 0. The molecule has 0 fully saturated rings. The molecule has 0 saturated heterocycles. The van der Waals surface area contributed by atoms with Crippen molar-refractivity contribution in [3.05, 3.63) is 76.8 Å². The Morgan fingerprint density at radius 1 is 0.792 bits per heavy atom. The molecule has 24 heavy (non-hydrogen) atoms. The van der Waals surface area contributed by atoms with Gasteiger partial charge in [0.25, 0.3) is 0 Å². The van der Waals surface area contributed by atoms with Crippen LogP contribution in [-0.2, 0) is 0 Å². The van der Waals surface area contributed by atoms with E-state index >= 15 is 0 Å². The van der Waals surface area contributed by atoms with Gasteiger partial charge >= 0.3 is 0 Å². The quantitative estimate of drug-likeness (QED) is 0.364. The van der Waals surface area contributed by atoms with Crippen LogP contribution >= 0.6 is 15.9 Å². The van der Waals surface area contributed by atoms with Crippen LogP contribution in [0.1, 0.15) is 6.99 Å². The minimum Gasteiger partial charge on any atom is -0.495 e. The summed E-state index contributed by atoms with van der Waals surface area (Å²) in [5.41, 5.74) is 3.63. The Bertz CT molecular complexity index is 1070. The average molecular weight is 380 g/mol. The molecular weight excluding hydrogens is 360 g/mol. The first kappa shape index (κ1) is 15.2. The zero-order valence-corrected chi connectivity index (χ0v) is 15.2. The predicted octanol–water partition coefficient (Wildman–Crippen LogP) is 6.99. The van der Waals surface area contributed by atoms with Crippen LogP contribution in [0.4, 0.5) is 0 Å². The zero-order chi connectivity index (χ0) is 16.7. The molecule has 0 bridgehead atoms. The molecule has 0 saturated carbocycles. The van der Waals surface area contributed by atoms with Crippen molar-refractivity contribution < 1.29 is 6.16 Å². The Labute approximate surface area is 151 Å². The zero-order valence-electron chi connectivity index (χ0n) is 13.6. The van der Waals surface area contributed by atoms with Gasteiger partial charge in [0.15, 0.2) is 0 Å². The van der Waals surface area contributed by atoms with Gasteiger partial charge in [-0.15, -0.1) is 0 Å². The third kappa shape index (κ3) is 2.30. The molecule has 2 heteroatoms. The lowest BCUT2D eigenvalue weighted by atomic mass is 9.90. The van der Waals surface area contributed by atoms with Crippen molar-refractivity contribution in [2.45, 2.75) is 6.92 Å². The van der Waals surface area contributed by atoms with Crippen LogP contribution in [-0.4, -0.2) is 7.11 Å². The maximum Gasteiger partial charge on any atom is 0.141 e. The summed E-state index contributed by atoms with van der Waals surface area (Å²) < 4.78 is 6.77. The van der Waals surface area contributed by atoms with E-state index in [-0.39, 0.29) is 1.43 Å². The summed E-state index contributed by atoms with van der Waals surface area (Å²) >= 11 is 3.69. The lowest BCUT2D eigenvalue weighted by Gasteiger charge is -2.18. The van der Waals surface area contributed by atoms with Crippen molar-refractivity contribution >= 4 is 37.5 Å². The fourth-order valence-electron chi connectivity index (χ4n) is 3.45. The lowest BCUT2D eigenvalue weighted by Crippen LogP contribution is -1.94. The molecule has 1 nitrogen and oxygen atoms in total. The molecule has 0 atom stereocenters. The molecule has 4 rings (SSSR count). The van der Waals surface area contributed by atoms with Crippen LogP contribution in [0.5, 0.6) is 5.75 Å². The van der Waals surface area contributed by atoms with Crippen molar-refractivity contribution in [3.8, 4) is 16.9 Å². The van der Waals surface area contributed by atoms with Crippen molar-refractivity contribution in [3.63, 3.8) is 0 Å². The van der Waals surface area contributed by atoms with E-state index in [1.165, 1.54) is 32.7 Å². The second-order valence-corrected chi connectivity index (χ2v) is 6.82. The number of halogens is 1. The first-order valence-electron chi connectivity index (χ1n) is 7.94. The van der Waals surface area contributed by atoms with Crippen LogP contribution in [0.15, 0.2) is 71.2 Å². The minimum absolute atomic E-state index is 0. The summed E-state index contributed by atoms with van der Waals surface area (Å²) in [6.45, 7) is 2.16. The third-order valence-corrected chi connectivity index (χ3v) is 5.14. The number of ether oxygens (including phenoxy) is 1. The SMILES string of the molecule is COc1c(Br)cc2ccccc2c1-c1c(C)ccc2ccccc12.[2HH]. The van der Waals surface area contributed by atoms with Crippen molar-refractivity contribution in [2.75, 3.05) is 7.11 Å². The average Bonchev–Trinajstić information content (AvgIpc) is 2.61. The minimum atomic E-state index is 0. The van der Waals surface area contributed by atoms with E-state index in [0.717, 1.165) is 15.8 Å². The summed E-state index contributed by atoms with van der Waals surface area (Å²) in [7, 11) is 1.73. The normalized spacial score (nSPS) is 11.1. The van der Waals surface area contributed by atoms with Gasteiger partial charge in [-0.05, 0) is 61.6 Å². The number of hydrogen-bond acceptors (Lipinski definition) is 1. The lowest BCUT2D eigenvalue weighted by molar-refractivity contribution is 0.414. The Balaban J connectivity index is 0.00000182. The molecule has 120 valence electrons. The number of benzene rings is 4. The second-order valence-electron chi connectivity index (χ2n) is 5.97. The third-order valence-electron chi connectivity index (χ3n) is 4.55. The van der Waals surface area contributed by atoms with E-state index < -0.39 is 0 Å². The maximum atomic E-state index is 5.80. The van der Waals surface area contributed by atoms with Gasteiger partial charge in [-0.25, -0.2) is 0 Å². The van der Waals surface area contributed by atoms with E-state index in [2.05, 4.69) is 89.6 Å². The standard InChI is InChI=1S/C22H17BrO.H2/c1-14-11-12-15-7-3-5-9-17(15)20(14)21-18-10-6-4-8-16(18)13-19(23)22(21)24-2;/h3-13H,1-2H3;1H/i;1+1. The van der Waals surface area contributed by atoms with Gasteiger partial charge < -0.3 is 4.74 Å². The molecule has 0 unspecified atom stereocenters. The predicted molar refractivity (Wildman–Crippen MR) is 108 cm³/mol. The van der Waals surface area contributed by atoms with E-state index in [9.17, 15) is 0 Å². The molecule has 4 aromatic carbocycles.